The second kappa shape index (κ2) is 9.14. The van der Waals surface area contributed by atoms with Gasteiger partial charge in [-0.25, -0.2) is 18.2 Å². The van der Waals surface area contributed by atoms with Crippen LogP contribution in [0, 0.1) is 0 Å². The lowest BCUT2D eigenvalue weighted by Gasteiger charge is -2.08. The summed E-state index contributed by atoms with van der Waals surface area (Å²) in [5.41, 5.74) is 1.98. The Balaban J connectivity index is 1.67. The number of thiazole rings is 1. The molecule has 0 saturated carbocycles. The van der Waals surface area contributed by atoms with Crippen molar-refractivity contribution in [2.75, 3.05) is 25.2 Å². The summed E-state index contributed by atoms with van der Waals surface area (Å²) in [7, 11) is -0.302. The van der Waals surface area contributed by atoms with Crippen molar-refractivity contribution in [2.24, 2.45) is 0 Å². The normalized spacial score (nSPS) is 11.0. The fraction of sp³-hybridized carbons (Fsp3) is 0.200. The molecule has 2 aromatic carbocycles. The van der Waals surface area contributed by atoms with Crippen molar-refractivity contribution in [1.29, 1.82) is 0 Å². The molecule has 0 aliphatic carbocycles. The van der Waals surface area contributed by atoms with Gasteiger partial charge in [0.25, 0.3) is 0 Å². The van der Waals surface area contributed by atoms with Crippen molar-refractivity contribution < 1.29 is 27.4 Å². The number of rotatable bonds is 8. The summed E-state index contributed by atoms with van der Waals surface area (Å²) in [5.74, 6) is 0.646. The molecule has 8 nitrogen and oxygen atoms in total. The van der Waals surface area contributed by atoms with Crippen LogP contribution >= 0.6 is 11.3 Å². The molecule has 0 bridgehead atoms. The minimum atomic E-state index is -3.44. The van der Waals surface area contributed by atoms with Crippen LogP contribution in [0.25, 0.3) is 10.6 Å². The van der Waals surface area contributed by atoms with E-state index in [9.17, 15) is 13.2 Å². The van der Waals surface area contributed by atoms with Crippen molar-refractivity contribution in [3.8, 4) is 22.1 Å². The maximum atomic E-state index is 12.3. The van der Waals surface area contributed by atoms with E-state index in [1.54, 1.807) is 43.9 Å². The minimum absolute atomic E-state index is 0.00758. The summed E-state index contributed by atoms with van der Waals surface area (Å²) in [6, 6.07) is 11.6. The molecule has 0 fully saturated rings. The summed E-state index contributed by atoms with van der Waals surface area (Å²) in [4.78, 5) is 16.8. The molecular formula is C20H20N2O6S2. The molecule has 0 radical (unpaired) electrons. The monoisotopic (exact) mass is 448 g/mol. The first kappa shape index (κ1) is 21.6. The van der Waals surface area contributed by atoms with E-state index in [0.717, 1.165) is 16.8 Å². The second-order valence-electron chi connectivity index (χ2n) is 6.24. The van der Waals surface area contributed by atoms with Gasteiger partial charge in [0.1, 0.15) is 11.6 Å². The summed E-state index contributed by atoms with van der Waals surface area (Å²) in [6.07, 6.45) is 1.04. The molecule has 10 heteroatoms. The van der Waals surface area contributed by atoms with Crippen LogP contribution in [0.4, 0.5) is 5.69 Å². The highest BCUT2D eigenvalue weighted by Crippen LogP contribution is 2.33. The topological polar surface area (TPSA) is 104 Å². The molecule has 0 spiro atoms. The third-order valence-corrected chi connectivity index (χ3v) is 5.48. The molecule has 3 aromatic rings. The van der Waals surface area contributed by atoms with Crippen LogP contribution in [0.2, 0.25) is 0 Å². The zero-order valence-electron chi connectivity index (χ0n) is 16.5. The highest BCUT2D eigenvalue weighted by molar-refractivity contribution is 7.92. The Morgan fingerprint density at radius 1 is 1.10 bits per heavy atom. The average Bonchev–Trinajstić information content (AvgIpc) is 3.19. The Hall–Kier alpha value is -3.11. The fourth-order valence-corrected chi connectivity index (χ4v) is 3.98. The lowest BCUT2D eigenvalue weighted by Crippen LogP contribution is -2.11. The number of hydrogen-bond acceptors (Lipinski definition) is 8. The van der Waals surface area contributed by atoms with Gasteiger partial charge in [-0.3, -0.25) is 4.72 Å². The lowest BCUT2D eigenvalue weighted by atomic mass is 10.2. The van der Waals surface area contributed by atoms with Gasteiger partial charge in [0.15, 0.2) is 11.5 Å². The number of anilines is 1. The zero-order valence-corrected chi connectivity index (χ0v) is 18.2. The minimum Gasteiger partial charge on any atom is -0.493 e. The van der Waals surface area contributed by atoms with Gasteiger partial charge in [0.2, 0.25) is 10.0 Å². The highest BCUT2D eigenvalue weighted by atomic mass is 32.2. The SMILES string of the molecule is COc1ccc(-c2nc(COC(=O)c3cccc(NS(C)(=O)=O)c3)cs2)cc1OC. The van der Waals surface area contributed by atoms with E-state index in [1.165, 1.54) is 17.4 Å². The van der Waals surface area contributed by atoms with Crippen molar-refractivity contribution >= 4 is 33.0 Å². The number of sulfonamides is 1. The molecule has 1 aromatic heterocycles. The van der Waals surface area contributed by atoms with E-state index in [1.807, 2.05) is 12.1 Å². The van der Waals surface area contributed by atoms with E-state index in [4.69, 9.17) is 14.2 Å². The zero-order chi connectivity index (χ0) is 21.7. The number of ether oxygens (including phenoxy) is 3. The summed E-state index contributed by atoms with van der Waals surface area (Å²) in [5, 5.41) is 2.56. The molecule has 1 heterocycles. The smallest absolute Gasteiger partial charge is 0.338 e. The summed E-state index contributed by atoms with van der Waals surface area (Å²) >= 11 is 1.42. The lowest BCUT2D eigenvalue weighted by molar-refractivity contribution is 0.0468. The number of methoxy groups -OCH3 is 2. The summed E-state index contributed by atoms with van der Waals surface area (Å²) in [6.45, 7) is -0.00758. The Morgan fingerprint density at radius 2 is 1.87 bits per heavy atom. The van der Waals surface area contributed by atoms with Crippen LogP contribution in [-0.4, -0.2) is 39.8 Å². The average molecular weight is 449 g/mol. The van der Waals surface area contributed by atoms with Gasteiger partial charge >= 0.3 is 5.97 Å². The van der Waals surface area contributed by atoms with E-state index in [0.29, 0.717) is 17.2 Å². The second-order valence-corrected chi connectivity index (χ2v) is 8.85. The van der Waals surface area contributed by atoms with Gasteiger partial charge in [-0.05, 0) is 36.4 Å². The number of benzene rings is 2. The maximum Gasteiger partial charge on any atom is 0.338 e. The van der Waals surface area contributed by atoms with E-state index < -0.39 is 16.0 Å². The van der Waals surface area contributed by atoms with Gasteiger partial charge in [-0.1, -0.05) is 6.07 Å². The molecule has 0 amide bonds. The van der Waals surface area contributed by atoms with Crippen molar-refractivity contribution in [2.45, 2.75) is 6.61 Å². The van der Waals surface area contributed by atoms with Crippen LogP contribution < -0.4 is 14.2 Å². The predicted octanol–water partition coefficient (Wildman–Crippen LogP) is 3.56. The van der Waals surface area contributed by atoms with Gasteiger partial charge in [0, 0.05) is 16.6 Å². The van der Waals surface area contributed by atoms with Crippen molar-refractivity contribution in [3.05, 3.63) is 59.1 Å². The van der Waals surface area contributed by atoms with Crippen LogP contribution in [0.1, 0.15) is 16.1 Å². The Labute approximate surface area is 178 Å². The molecular weight excluding hydrogens is 428 g/mol. The number of hydrogen-bond donors (Lipinski definition) is 1. The molecule has 3 rings (SSSR count). The molecule has 0 atom stereocenters. The van der Waals surface area contributed by atoms with Crippen LogP contribution in [0.3, 0.4) is 0 Å². The molecule has 1 N–H and O–H groups in total. The quantitative estimate of drug-likeness (QED) is 0.526. The van der Waals surface area contributed by atoms with Gasteiger partial charge in [-0.2, -0.15) is 0 Å². The first-order valence-corrected chi connectivity index (χ1v) is 11.5. The fourth-order valence-electron chi connectivity index (χ4n) is 2.62. The van der Waals surface area contributed by atoms with Crippen LogP contribution in [0.15, 0.2) is 47.8 Å². The van der Waals surface area contributed by atoms with E-state index in [-0.39, 0.29) is 17.9 Å². The van der Waals surface area contributed by atoms with Gasteiger partial charge in [0.05, 0.1) is 31.7 Å². The summed E-state index contributed by atoms with van der Waals surface area (Å²) < 4.78 is 40.9. The number of esters is 1. The van der Waals surface area contributed by atoms with Crippen molar-refractivity contribution in [1.82, 2.24) is 4.98 Å². The Kier molecular flexibility index (Phi) is 6.58. The molecule has 158 valence electrons. The predicted molar refractivity (Wildman–Crippen MR) is 115 cm³/mol. The number of carbonyl (C=O) groups excluding carboxylic acids is 1. The Morgan fingerprint density at radius 3 is 2.57 bits per heavy atom. The third-order valence-electron chi connectivity index (χ3n) is 3.93. The maximum absolute atomic E-state index is 12.3. The molecule has 0 aliphatic rings. The number of aromatic nitrogens is 1. The largest absolute Gasteiger partial charge is 0.493 e. The van der Waals surface area contributed by atoms with Crippen LogP contribution in [0.5, 0.6) is 11.5 Å². The third kappa shape index (κ3) is 5.49. The number of nitrogens with zero attached hydrogens (tertiary/aromatic N) is 1. The first-order valence-electron chi connectivity index (χ1n) is 8.71. The number of nitrogens with one attached hydrogen (secondary N) is 1. The number of carbonyl (C=O) groups is 1. The molecule has 0 aliphatic heterocycles. The van der Waals surface area contributed by atoms with Gasteiger partial charge < -0.3 is 14.2 Å². The highest BCUT2D eigenvalue weighted by Gasteiger charge is 2.13. The first-order chi connectivity index (χ1) is 14.3. The molecule has 0 unspecified atom stereocenters. The van der Waals surface area contributed by atoms with Crippen LogP contribution in [-0.2, 0) is 21.4 Å². The van der Waals surface area contributed by atoms with Gasteiger partial charge in [-0.15, -0.1) is 11.3 Å². The van der Waals surface area contributed by atoms with Crippen molar-refractivity contribution in [3.63, 3.8) is 0 Å². The van der Waals surface area contributed by atoms with E-state index in [2.05, 4.69) is 9.71 Å². The standard InChI is InChI=1S/C20H20N2O6S2/c1-26-17-8-7-13(10-18(17)27-2)19-21-16(12-29-19)11-28-20(23)14-5-4-6-15(9-14)22-30(3,24)25/h4-10,12,22H,11H2,1-3H3. The van der Waals surface area contributed by atoms with E-state index >= 15 is 0 Å². The Bertz CT molecular complexity index is 1160. The molecule has 30 heavy (non-hydrogen) atoms. The molecule has 0 saturated heterocycles.